The second-order valence-corrected chi connectivity index (χ2v) is 3.24. The first kappa shape index (κ1) is 10.8. The van der Waals surface area contributed by atoms with Gasteiger partial charge in [-0.1, -0.05) is 0 Å². The number of carbonyl (C=O) groups is 1. The van der Waals surface area contributed by atoms with Crippen LogP contribution in [0.5, 0.6) is 0 Å². The van der Waals surface area contributed by atoms with Crippen molar-refractivity contribution in [2.24, 2.45) is 0 Å². The molecule has 0 bridgehead atoms. The molecular formula is C11H7FN4O. The van der Waals surface area contributed by atoms with Crippen LogP contribution in [0, 0.1) is 17.1 Å². The van der Waals surface area contributed by atoms with E-state index in [1.54, 1.807) is 0 Å². The molecular weight excluding hydrogens is 223 g/mol. The van der Waals surface area contributed by atoms with Crippen molar-refractivity contribution in [3.8, 4) is 6.07 Å². The van der Waals surface area contributed by atoms with Crippen molar-refractivity contribution in [3.63, 3.8) is 0 Å². The maximum absolute atomic E-state index is 12.9. The van der Waals surface area contributed by atoms with Gasteiger partial charge in [-0.05, 0) is 18.2 Å². The van der Waals surface area contributed by atoms with Crippen LogP contribution in [0.3, 0.4) is 0 Å². The Balaban J connectivity index is 2.25. The van der Waals surface area contributed by atoms with Gasteiger partial charge in [0.25, 0.3) is 5.91 Å². The zero-order valence-corrected chi connectivity index (χ0v) is 8.57. The predicted octanol–water partition coefficient (Wildman–Crippen LogP) is 1.67. The molecule has 0 aliphatic rings. The van der Waals surface area contributed by atoms with Gasteiger partial charge in [0.2, 0.25) is 0 Å². The van der Waals surface area contributed by atoms with Crippen molar-refractivity contribution in [1.29, 1.82) is 5.26 Å². The van der Waals surface area contributed by atoms with Gasteiger partial charge in [0.1, 0.15) is 11.9 Å². The van der Waals surface area contributed by atoms with E-state index in [-0.39, 0.29) is 11.3 Å². The lowest BCUT2D eigenvalue weighted by molar-refractivity contribution is 0.102. The lowest BCUT2D eigenvalue weighted by Gasteiger charge is -2.05. The highest BCUT2D eigenvalue weighted by Crippen LogP contribution is 2.16. The summed E-state index contributed by atoms with van der Waals surface area (Å²) in [6, 6.07) is 5.38. The van der Waals surface area contributed by atoms with Gasteiger partial charge in [0.15, 0.2) is 0 Å². The van der Waals surface area contributed by atoms with Gasteiger partial charge in [-0.2, -0.15) is 10.4 Å². The zero-order valence-electron chi connectivity index (χ0n) is 8.57. The number of amides is 1. The molecule has 84 valence electrons. The Bertz CT molecular complexity index is 586. The number of rotatable bonds is 2. The molecule has 2 N–H and O–H groups in total. The zero-order chi connectivity index (χ0) is 12.3. The molecule has 1 amide bonds. The Labute approximate surface area is 95.9 Å². The van der Waals surface area contributed by atoms with Gasteiger partial charge >= 0.3 is 0 Å². The Morgan fingerprint density at radius 2 is 2.35 bits per heavy atom. The van der Waals surface area contributed by atoms with Gasteiger partial charge in [-0.25, -0.2) is 4.39 Å². The van der Waals surface area contributed by atoms with Gasteiger partial charge in [0.05, 0.1) is 23.0 Å². The highest BCUT2D eigenvalue weighted by Gasteiger charge is 2.10. The number of hydrogen-bond donors (Lipinski definition) is 2. The molecule has 0 fully saturated rings. The number of H-pyrrole nitrogens is 1. The normalized spacial score (nSPS) is 9.65. The SMILES string of the molecule is N#Cc1cc(F)ccc1NC(=O)c1cn[nH]c1. The molecule has 1 aromatic heterocycles. The lowest BCUT2D eigenvalue weighted by Crippen LogP contribution is -2.12. The number of hydrogen-bond acceptors (Lipinski definition) is 3. The third-order valence-electron chi connectivity index (χ3n) is 2.11. The van der Waals surface area contributed by atoms with E-state index in [4.69, 9.17) is 5.26 Å². The summed E-state index contributed by atoms with van der Waals surface area (Å²) in [6.45, 7) is 0. The van der Waals surface area contributed by atoms with Gasteiger partial charge < -0.3 is 5.32 Å². The quantitative estimate of drug-likeness (QED) is 0.823. The number of nitrogens with one attached hydrogen (secondary N) is 2. The highest BCUT2D eigenvalue weighted by atomic mass is 19.1. The lowest BCUT2D eigenvalue weighted by atomic mass is 10.2. The molecule has 1 heterocycles. The molecule has 0 saturated heterocycles. The molecule has 1 aromatic carbocycles. The topological polar surface area (TPSA) is 81.6 Å². The van der Waals surface area contributed by atoms with E-state index < -0.39 is 11.7 Å². The summed E-state index contributed by atoms with van der Waals surface area (Å²) in [6.07, 6.45) is 2.77. The fourth-order valence-electron chi connectivity index (χ4n) is 1.29. The van der Waals surface area contributed by atoms with Crippen molar-refractivity contribution in [3.05, 3.63) is 47.5 Å². The Kier molecular flexibility index (Phi) is 2.83. The monoisotopic (exact) mass is 230 g/mol. The summed E-state index contributed by atoms with van der Waals surface area (Å²) in [5, 5.41) is 17.4. The average Bonchev–Trinajstić information content (AvgIpc) is 2.85. The number of aromatic nitrogens is 2. The average molecular weight is 230 g/mol. The van der Waals surface area contributed by atoms with E-state index in [9.17, 15) is 9.18 Å². The van der Waals surface area contributed by atoms with E-state index in [1.807, 2.05) is 6.07 Å². The predicted molar refractivity (Wildman–Crippen MR) is 57.7 cm³/mol. The van der Waals surface area contributed by atoms with Gasteiger partial charge in [-0.15, -0.1) is 0 Å². The standard InChI is InChI=1S/C11H7FN4O/c12-9-1-2-10(7(3-9)4-13)16-11(17)8-5-14-15-6-8/h1-3,5-6H,(H,14,15)(H,16,17). The summed E-state index contributed by atoms with van der Waals surface area (Å²) in [4.78, 5) is 11.7. The van der Waals surface area contributed by atoms with Crippen LogP contribution < -0.4 is 5.32 Å². The number of anilines is 1. The fraction of sp³-hybridized carbons (Fsp3) is 0. The second-order valence-electron chi connectivity index (χ2n) is 3.24. The molecule has 0 radical (unpaired) electrons. The molecule has 0 atom stereocenters. The van der Waals surface area contributed by atoms with Gasteiger partial charge in [-0.3, -0.25) is 9.89 Å². The summed E-state index contributed by atoms with van der Waals surface area (Å²) in [5.74, 6) is -0.940. The molecule has 0 unspecified atom stereocenters. The van der Waals surface area contributed by atoms with Crippen LogP contribution in [0.2, 0.25) is 0 Å². The smallest absolute Gasteiger partial charge is 0.258 e. The third-order valence-corrected chi connectivity index (χ3v) is 2.11. The summed E-state index contributed by atoms with van der Waals surface area (Å²) >= 11 is 0. The molecule has 0 aliphatic carbocycles. The molecule has 0 aliphatic heterocycles. The maximum Gasteiger partial charge on any atom is 0.258 e. The molecule has 6 heteroatoms. The van der Waals surface area contributed by atoms with Crippen molar-refractivity contribution in [2.45, 2.75) is 0 Å². The van der Waals surface area contributed by atoms with Crippen molar-refractivity contribution >= 4 is 11.6 Å². The van der Waals surface area contributed by atoms with Crippen molar-refractivity contribution in [1.82, 2.24) is 10.2 Å². The van der Waals surface area contributed by atoms with E-state index in [1.165, 1.54) is 24.5 Å². The Morgan fingerprint density at radius 1 is 1.53 bits per heavy atom. The maximum atomic E-state index is 12.9. The van der Waals surface area contributed by atoms with E-state index in [2.05, 4.69) is 15.5 Å². The molecule has 2 rings (SSSR count). The number of benzene rings is 1. The number of carbonyl (C=O) groups excluding carboxylic acids is 1. The molecule has 0 saturated carbocycles. The molecule has 0 spiro atoms. The molecule has 17 heavy (non-hydrogen) atoms. The summed E-state index contributed by atoms with van der Waals surface area (Å²) in [5.41, 5.74) is 0.667. The Hall–Kier alpha value is -2.68. The fourth-order valence-corrected chi connectivity index (χ4v) is 1.29. The van der Waals surface area contributed by atoms with Crippen molar-refractivity contribution < 1.29 is 9.18 Å². The Morgan fingerprint density at radius 3 is 3.00 bits per heavy atom. The minimum Gasteiger partial charge on any atom is -0.321 e. The van der Waals surface area contributed by atoms with Crippen molar-refractivity contribution in [2.75, 3.05) is 5.32 Å². The van der Waals surface area contributed by atoms with Crippen LogP contribution in [0.4, 0.5) is 10.1 Å². The molecule has 5 nitrogen and oxygen atoms in total. The minimum atomic E-state index is -0.525. The summed E-state index contributed by atoms with van der Waals surface area (Å²) < 4.78 is 12.9. The highest BCUT2D eigenvalue weighted by molar-refractivity contribution is 6.04. The third kappa shape index (κ3) is 2.29. The van der Waals surface area contributed by atoms with Crippen LogP contribution in [-0.2, 0) is 0 Å². The van der Waals surface area contributed by atoms with Crippen LogP contribution >= 0.6 is 0 Å². The number of nitriles is 1. The largest absolute Gasteiger partial charge is 0.321 e. The van der Waals surface area contributed by atoms with Crippen LogP contribution in [-0.4, -0.2) is 16.1 Å². The number of aromatic amines is 1. The first-order valence-electron chi connectivity index (χ1n) is 4.70. The summed E-state index contributed by atoms with van der Waals surface area (Å²) in [7, 11) is 0. The number of nitrogens with zero attached hydrogens (tertiary/aromatic N) is 2. The van der Waals surface area contributed by atoms with E-state index in [0.717, 1.165) is 6.07 Å². The second kappa shape index (κ2) is 4.45. The first-order valence-corrected chi connectivity index (χ1v) is 4.70. The van der Waals surface area contributed by atoms with Gasteiger partial charge in [0, 0.05) is 6.20 Å². The van der Waals surface area contributed by atoms with E-state index in [0.29, 0.717) is 5.56 Å². The van der Waals surface area contributed by atoms with Crippen LogP contribution in [0.1, 0.15) is 15.9 Å². The number of halogens is 1. The first-order chi connectivity index (χ1) is 8.20. The van der Waals surface area contributed by atoms with Crippen LogP contribution in [0.25, 0.3) is 0 Å². The van der Waals surface area contributed by atoms with E-state index >= 15 is 0 Å². The van der Waals surface area contributed by atoms with Crippen LogP contribution in [0.15, 0.2) is 30.6 Å². The minimum absolute atomic E-state index is 0.0712. The molecule has 2 aromatic rings.